The second-order valence-corrected chi connectivity index (χ2v) is 9.08. The summed E-state index contributed by atoms with van der Waals surface area (Å²) in [7, 11) is -2.33. The number of piperidine rings is 1. The lowest BCUT2D eigenvalue weighted by atomic mass is 10.2. The number of pyridine rings is 1. The molecule has 7 nitrogen and oxygen atoms in total. The number of esters is 1. The summed E-state index contributed by atoms with van der Waals surface area (Å²) in [6, 6.07) is 9.96. The molecule has 1 aromatic heterocycles. The van der Waals surface area contributed by atoms with Gasteiger partial charge in [0.2, 0.25) is 10.0 Å². The third-order valence-electron chi connectivity index (χ3n) is 4.66. The van der Waals surface area contributed by atoms with Crippen molar-refractivity contribution >= 4 is 33.3 Å². The summed E-state index contributed by atoms with van der Waals surface area (Å²) < 4.78 is 32.8. The topological polar surface area (TPSA) is 88.6 Å². The minimum Gasteiger partial charge on any atom is -0.465 e. The molecule has 1 saturated heterocycles. The van der Waals surface area contributed by atoms with Crippen LogP contribution < -0.4 is 9.62 Å². The zero-order chi connectivity index (χ0) is 20.1. The Balaban J connectivity index is 1.93. The fourth-order valence-electron chi connectivity index (χ4n) is 3.14. The second kappa shape index (κ2) is 8.89. The van der Waals surface area contributed by atoms with Crippen molar-refractivity contribution in [3.05, 3.63) is 58.9 Å². The van der Waals surface area contributed by atoms with Crippen LogP contribution in [-0.2, 0) is 21.3 Å². The number of sulfonamides is 1. The molecule has 1 N–H and O–H groups in total. The first-order valence-electron chi connectivity index (χ1n) is 8.93. The normalized spacial score (nSPS) is 15.2. The van der Waals surface area contributed by atoms with Crippen LogP contribution in [-0.4, -0.2) is 44.8 Å². The number of hydrogen-bond donors (Lipinski definition) is 1. The van der Waals surface area contributed by atoms with E-state index in [0.29, 0.717) is 47.9 Å². The Morgan fingerprint density at radius 3 is 2.64 bits per heavy atom. The molecule has 0 unspecified atom stereocenters. The maximum atomic E-state index is 13.4. The number of aromatic nitrogens is 1. The number of nitrogens with zero attached hydrogens (tertiary/aromatic N) is 2. The largest absolute Gasteiger partial charge is 0.465 e. The number of carbonyl (C=O) groups excluding carboxylic acids is 1. The van der Waals surface area contributed by atoms with Gasteiger partial charge in [-0.3, -0.25) is 9.29 Å². The third kappa shape index (κ3) is 4.63. The standard InChI is InChI=1S/C19H22ClN3O4S/c1-27-19(24)14-5-6-16(22-12-14)13-23(17-4-2-3-15(20)11-17)28(25,26)18-7-9-21-10-8-18/h2-6,11-12,18,21H,7-10,13H2,1H3. The average Bonchev–Trinajstić information content (AvgIpc) is 2.72. The summed E-state index contributed by atoms with van der Waals surface area (Å²) in [6.45, 7) is 1.38. The van der Waals surface area contributed by atoms with Crippen LogP contribution in [0.5, 0.6) is 0 Å². The van der Waals surface area contributed by atoms with Gasteiger partial charge in [0, 0.05) is 11.2 Å². The van der Waals surface area contributed by atoms with Crippen LogP contribution in [0.1, 0.15) is 28.9 Å². The lowest BCUT2D eigenvalue weighted by Crippen LogP contribution is -2.44. The van der Waals surface area contributed by atoms with Gasteiger partial charge in [-0.1, -0.05) is 17.7 Å². The smallest absolute Gasteiger partial charge is 0.339 e. The summed E-state index contributed by atoms with van der Waals surface area (Å²) in [5.74, 6) is -0.493. The van der Waals surface area contributed by atoms with E-state index in [2.05, 4.69) is 15.0 Å². The van der Waals surface area contributed by atoms with E-state index in [9.17, 15) is 13.2 Å². The Hall–Kier alpha value is -2.16. The third-order valence-corrected chi connectivity index (χ3v) is 7.17. The molecular formula is C19H22ClN3O4S. The molecular weight excluding hydrogens is 402 g/mol. The SMILES string of the molecule is COC(=O)c1ccc(CN(c2cccc(Cl)c2)S(=O)(=O)C2CCNCC2)nc1. The van der Waals surface area contributed by atoms with Crippen molar-refractivity contribution in [1.82, 2.24) is 10.3 Å². The van der Waals surface area contributed by atoms with Crippen molar-refractivity contribution < 1.29 is 17.9 Å². The number of anilines is 1. The number of halogens is 1. The Morgan fingerprint density at radius 1 is 1.29 bits per heavy atom. The molecule has 1 aliphatic heterocycles. The van der Waals surface area contributed by atoms with Crippen molar-refractivity contribution in [2.24, 2.45) is 0 Å². The fraction of sp³-hybridized carbons (Fsp3) is 0.368. The van der Waals surface area contributed by atoms with Crippen molar-refractivity contribution in [1.29, 1.82) is 0 Å². The first-order chi connectivity index (χ1) is 13.4. The molecule has 2 heterocycles. The van der Waals surface area contributed by atoms with Gasteiger partial charge >= 0.3 is 5.97 Å². The summed E-state index contributed by atoms with van der Waals surface area (Å²) >= 11 is 6.10. The van der Waals surface area contributed by atoms with E-state index >= 15 is 0 Å². The van der Waals surface area contributed by atoms with Crippen molar-refractivity contribution in [2.75, 3.05) is 24.5 Å². The molecule has 0 radical (unpaired) electrons. The van der Waals surface area contributed by atoms with Gasteiger partial charge in [-0.2, -0.15) is 0 Å². The average molecular weight is 424 g/mol. The number of ether oxygens (including phenoxy) is 1. The monoisotopic (exact) mass is 423 g/mol. The number of carbonyl (C=O) groups is 1. The van der Waals surface area contributed by atoms with Gasteiger partial charge in [0.25, 0.3) is 0 Å². The highest BCUT2D eigenvalue weighted by Gasteiger charge is 2.33. The van der Waals surface area contributed by atoms with Gasteiger partial charge in [0.1, 0.15) is 0 Å². The molecule has 28 heavy (non-hydrogen) atoms. The number of benzene rings is 1. The fourth-order valence-corrected chi connectivity index (χ4v) is 5.23. The maximum absolute atomic E-state index is 13.4. The molecule has 1 aromatic carbocycles. The lowest BCUT2D eigenvalue weighted by Gasteiger charge is -2.31. The zero-order valence-electron chi connectivity index (χ0n) is 15.5. The predicted octanol–water partition coefficient (Wildman–Crippen LogP) is 2.61. The summed E-state index contributed by atoms with van der Waals surface area (Å²) in [5, 5.41) is 3.17. The maximum Gasteiger partial charge on any atom is 0.339 e. The van der Waals surface area contributed by atoms with E-state index in [1.165, 1.54) is 17.6 Å². The Kier molecular flexibility index (Phi) is 6.53. The number of methoxy groups -OCH3 is 1. The first-order valence-corrected chi connectivity index (χ1v) is 10.8. The van der Waals surface area contributed by atoms with Crippen LogP contribution in [0.3, 0.4) is 0 Å². The van der Waals surface area contributed by atoms with Crippen molar-refractivity contribution in [2.45, 2.75) is 24.6 Å². The van der Waals surface area contributed by atoms with Crippen LogP contribution in [0.25, 0.3) is 0 Å². The van der Waals surface area contributed by atoms with Gasteiger partial charge in [0.15, 0.2) is 0 Å². The molecule has 2 aromatic rings. The Labute approximate surface area is 169 Å². The predicted molar refractivity (Wildman–Crippen MR) is 108 cm³/mol. The molecule has 0 bridgehead atoms. The Bertz CT molecular complexity index is 928. The highest BCUT2D eigenvalue weighted by molar-refractivity contribution is 7.93. The highest BCUT2D eigenvalue weighted by atomic mass is 35.5. The zero-order valence-corrected chi connectivity index (χ0v) is 17.0. The van der Waals surface area contributed by atoms with Gasteiger partial charge < -0.3 is 10.1 Å². The highest BCUT2D eigenvalue weighted by Crippen LogP contribution is 2.28. The van der Waals surface area contributed by atoms with Crippen molar-refractivity contribution in [3.8, 4) is 0 Å². The van der Waals surface area contributed by atoms with Crippen LogP contribution in [0.2, 0.25) is 5.02 Å². The second-order valence-electron chi connectivity index (χ2n) is 6.51. The van der Waals surface area contributed by atoms with E-state index < -0.39 is 21.2 Å². The van der Waals surface area contributed by atoms with E-state index in [1.807, 2.05) is 0 Å². The van der Waals surface area contributed by atoms with E-state index in [1.54, 1.807) is 36.4 Å². The lowest BCUT2D eigenvalue weighted by molar-refractivity contribution is 0.0600. The summed E-state index contributed by atoms with van der Waals surface area (Å²) in [4.78, 5) is 15.8. The quantitative estimate of drug-likeness (QED) is 0.718. The van der Waals surface area contributed by atoms with Crippen molar-refractivity contribution in [3.63, 3.8) is 0 Å². The molecule has 1 fully saturated rings. The molecule has 0 aliphatic carbocycles. The van der Waals surface area contributed by atoms with E-state index in [-0.39, 0.29) is 6.54 Å². The minimum atomic E-state index is -3.62. The van der Waals surface area contributed by atoms with Crippen LogP contribution in [0, 0.1) is 0 Å². The number of hydrogen-bond acceptors (Lipinski definition) is 6. The summed E-state index contributed by atoms with van der Waals surface area (Å²) in [5.41, 5.74) is 1.32. The van der Waals surface area contributed by atoms with E-state index in [0.717, 1.165) is 0 Å². The van der Waals surface area contributed by atoms with Crippen LogP contribution in [0.4, 0.5) is 5.69 Å². The Morgan fingerprint density at radius 2 is 2.04 bits per heavy atom. The molecule has 0 amide bonds. The molecule has 0 spiro atoms. The van der Waals surface area contributed by atoms with Gasteiger partial charge in [0.05, 0.1) is 35.8 Å². The molecule has 0 atom stereocenters. The molecule has 3 rings (SSSR count). The van der Waals surface area contributed by atoms with Gasteiger partial charge in [-0.05, 0) is 56.3 Å². The van der Waals surface area contributed by atoms with Crippen LogP contribution >= 0.6 is 11.6 Å². The van der Waals surface area contributed by atoms with Gasteiger partial charge in [-0.25, -0.2) is 13.2 Å². The van der Waals surface area contributed by atoms with E-state index in [4.69, 9.17) is 11.6 Å². The first kappa shape index (κ1) is 20.6. The number of nitrogens with one attached hydrogen (secondary N) is 1. The molecule has 150 valence electrons. The van der Waals surface area contributed by atoms with Gasteiger partial charge in [-0.15, -0.1) is 0 Å². The summed E-state index contributed by atoms with van der Waals surface area (Å²) in [6.07, 6.45) is 2.48. The minimum absolute atomic E-state index is 0.0497. The van der Waals surface area contributed by atoms with Crippen LogP contribution in [0.15, 0.2) is 42.6 Å². The molecule has 0 saturated carbocycles. The molecule has 1 aliphatic rings. The number of rotatable bonds is 6. The molecule has 9 heteroatoms.